The first kappa shape index (κ1) is 20.4. The summed E-state index contributed by atoms with van der Waals surface area (Å²) >= 11 is 5.74. The minimum absolute atomic E-state index is 0.00188. The maximum absolute atomic E-state index is 13.3. The molecule has 1 aromatic carbocycles. The number of amides is 1. The number of anilines is 1. The van der Waals surface area contributed by atoms with Crippen LogP contribution in [0.1, 0.15) is 5.56 Å². The third-order valence-electron chi connectivity index (χ3n) is 4.58. The summed E-state index contributed by atoms with van der Waals surface area (Å²) in [6, 6.07) is 10.2. The number of hydrogen-bond acceptors (Lipinski definition) is 5. The smallest absolute Gasteiger partial charge is 0.324 e. The summed E-state index contributed by atoms with van der Waals surface area (Å²) in [7, 11) is 0. The van der Waals surface area contributed by atoms with Crippen LogP contribution in [0.2, 0.25) is 5.02 Å². The third-order valence-corrected chi connectivity index (χ3v) is 4.87. The first-order chi connectivity index (χ1) is 14.9. The van der Waals surface area contributed by atoms with E-state index in [4.69, 9.17) is 11.6 Å². The van der Waals surface area contributed by atoms with E-state index < -0.39 is 23.0 Å². The lowest BCUT2D eigenvalue weighted by atomic mass is 10.2. The van der Waals surface area contributed by atoms with Crippen LogP contribution in [-0.2, 0) is 17.9 Å². The second-order valence-corrected chi connectivity index (χ2v) is 7.07. The molecule has 1 amide bonds. The molecule has 0 fully saturated rings. The van der Waals surface area contributed by atoms with E-state index in [1.165, 1.54) is 22.9 Å². The number of carbonyl (C=O) groups is 1. The summed E-state index contributed by atoms with van der Waals surface area (Å²) in [6.45, 7) is -0.380. The standard InChI is InChI=1S/C21H15ClFN5O3/c22-15-10-14(3-4-16(15)23)26-18(29)12-27-17-2-1-7-25-19(17)20(30)28(21(27)31)11-13-5-8-24-9-6-13/h1-10H,11-12H2,(H,26,29). The van der Waals surface area contributed by atoms with Crippen LogP contribution in [0.25, 0.3) is 11.0 Å². The third kappa shape index (κ3) is 4.22. The van der Waals surface area contributed by atoms with Gasteiger partial charge in [-0.3, -0.25) is 23.7 Å². The number of nitrogens with zero attached hydrogens (tertiary/aromatic N) is 4. The maximum Gasteiger partial charge on any atom is 0.332 e. The Morgan fingerprint density at radius 3 is 2.58 bits per heavy atom. The second kappa shape index (κ2) is 8.49. The van der Waals surface area contributed by atoms with Gasteiger partial charge in [-0.15, -0.1) is 0 Å². The van der Waals surface area contributed by atoms with Gasteiger partial charge >= 0.3 is 5.69 Å². The van der Waals surface area contributed by atoms with Crippen LogP contribution in [0.5, 0.6) is 0 Å². The molecule has 3 aromatic heterocycles. The van der Waals surface area contributed by atoms with Crippen LogP contribution in [0.4, 0.5) is 10.1 Å². The van der Waals surface area contributed by atoms with Crippen molar-refractivity contribution in [1.82, 2.24) is 19.1 Å². The minimum atomic E-state index is -0.658. The van der Waals surface area contributed by atoms with E-state index in [0.29, 0.717) is 5.56 Å². The van der Waals surface area contributed by atoms with Gasteiger partial charge in [0.15, 0.2) is 5.52 Å². The average molecular weight is 440 g/mol. The molecule has 0 atom stereocenters. The van der Waals surface area contributed by atoms with Crippen molar-refractivity contribution in [1.29, 1.82) is 0 Å². The molecule has 0 spiro atoms. The Labute approximate surface area is 179 Å². The number of nitrogens with one attached hydrogen (secondary N) is 1. The Kier molecular flexibility index (Phi) is 5.59. The van der Waals surface area contributed by atoms with E-state index in [-0.39, 0.29) is 34.8 Å². The highest BCUT2D eigenvalue weighted by Crippen LogP contribution is 2.19. The van der Waals surface area contributed by atoms with Gasteiger partial charge < -0.3 is 5.32 Å². The molecule has 0 aliphatic heterocycles. The summed E-state index contributed by atoms with van der Waals surface area (Å²) in [5.41, 5.74) is 0.0527. The summed E-state index contributed by atoms with van der Waals surface area (Å²) in [5, 5.41) is 2.43. The van der Waals surface area contributed by atoms with Gasteiger partial charge in [-0.1, -0.05) is 11.6 Å². The van der Waals surface area contributed by atoms with Crippen LogP contribution in [0.15, 0.2) is 70.6 Å². The molecule has 0 saturated carbocycles. The minimum Gasteiger partial charge on any atom is -0.324 e. The maximum atomic E-state index is 13.3. The summed E-state index contributed by atoms with van der Waals surface area (Å²) in [5.74, 6) is -1.17. The number of aromatic nitrogens is 4. The largest absolute Gasteiger partial charge is 0.332 e. The molecule has 0 aliphatic carbocycles. The lowest BCUT2D eigenvalue weighted by Crippen LogP contribution is -2.42. The van der Waals surface area contributed by atoms with Crippen molar-refractivity contribution < 1.29 is 9.18 Å². The first-order valence-electron chi connectivity index (χ1n) is 9.16. The molecule has 1 N–H and O–H groups in total. The van der Waals surface area contributed by atoms with E-state index in [2.05, 4.69) is 15.3 Å². The molecule has 156 valence electrons. The van der Waals surface area contributed by atoms with Crippen molar-refractivity contribution in [2.45, 2.75) is 13.1 Å². The predicted octanol–water partition coefficient (Wildman–Crippen LogP) is 2.43. The van der Waals surface area contributed by atoms with Crippen molar-refractivity contribution >= 4 is 34.2 Å². The Hall–Kier alpha value is -3.85. The first-order valence-corrected chi connectivity index (χ1v) is 9.54. The molecule has 0 saturated heterocycles. The topological polar surface area (TPSA) is 98.9 Å². The molecule has 10 heteroatoms. The van der Waals surface area contributed by atoms with Gasteiger partial charge in [-0.2, -0.15) is 0 Å². The highest BCUT2D eigenvalue weighted by molar-refractivity contribution is 6.31. The van der Waals surface area contributed by atoms with Gasteiger partial charge in [0.2, 0.25) is 5.91 Å². The molecular weight excluding hydrogens is 425 g/mol. The zero-order valence-electron chi connectivity index (χ0n) is 16.0. The summed E-state index contributed by atoms with van der Waals surface area (Å²) in [4.78, 5) is 46.6. The quantitative estimate of drug-likeness (QED) is 0.515. The number of hydrogen-bond donors (Lipinski definition) is 1. The van der Waals surface area contributed by atoms with E-state index in [1.807, 2.05) is 0 Å². The molecule has 3 heterocycles. The fourth-order valence-corrected chi connectivity index (χ4v) is 3.30. The normalized spacial score (nSPS) is 10.9. The number of carbonyl (C=O) groups excluding carboxylic acids is 1. The van der Waals surface area contributed by atoms with E-state index >= 15 is 0 Å². The van der Waals surface area contributed by atoms with Crippen LogP contribution in [-0.4, -0.2) is 25.0 Å². The highest BCUT2D eigenvalue weighted by atomic mass is 35.5. The van der Waals surface area contributed by atoms with Crippen molar-refractivity contribution in [3.63, 3.8) is 0 Å². The van der Waals surface area contributed by atoms with Crippen LogP contribution in [0.3, 0.4) is 0 Å². The highest BCUT2D eigenvalue weighted by Gasteiger charge is 2.17. The van der Waals surface area contributed by atoms with Crippen LogP contribution >= 0.6 is 11.6 Å². The SMILES string of the molecule is O=C(Cn1c(=O)n(Cc2ccncc2)c(=O)c2ncccc21)Nc1ccc(F)c(Cl)c1. The van der Waals surface area contributed by atoms with Crippen molar-refractivity contribution in [3.8, 4) is 0 Å². The predicted molar refractivity (Wildman–Crippen MR) is 114 cm³/mol. The van der Waals surface area contributed by atoms with Crippen molar-refractivity contribution in [2.75, 3.05) is 5.32 Å². The molecule has 31 heavy (non-hydrogen) atoms. The molecule has 4 rings (SSSR count). The number of fused-ring (bicyclic) bond motifs is 1. The monoisotopic (exact) mass is 439 g/mol. The lowest BCUT2D eigenvalue weighted by molar-refractivity contribution is -0.116. The van der Waals surface area contributed by atoms with E-state index in [1.54, 1.807) is 36.7 Å². The fraction of sp³-hybridized carbons (Fsp3) is 0.0952. The van der Waals surface area contributed by atoms with Gasteiger partial charge in [0.1, 0.15) is 12.4 Å². The fourth-order valence-electron chi connectivity index (χ4n) is 3.12. The van der Waals surface area contributed by atoms with Crippen LogP contribution < -0.4 is 16.6 Å². The van der Waals surface area contributed by atoms with Crippen molar-refractivity contribution in [2.24, 2.45) is 0 Å². The molecule has 0 aliphatic rings. The van der Waals surface area contributed by atoms with E-state index in [0.717, 1.165) is 10.6 Å². The van der Waals surface area contributed by atoms with Gasteiger partial charge in [0.25, 0.3) is 5.56 Å². The zero-order chi connectivity index (χ0) is 22.0. The average Bonchev–Trinajstić information content (AvgIpc) is 2.77. The van der Waals surface area contributed by atoms with Gasteiger partial charge in [-0.25, -0.2) is 14.2 Å². The Balaban J connectivity index is 1.74. The summed E-state index contributed by atoms with van der Waals surface area (Å²) < 4.78 is 15.5. The molecule has 4 aromatic rings. The second-order valence-electron chi connectivity index (χ2n) is 6.66. The molecule has 8 nitrogen and oxygen atoms in total. The Bertz CT molecular complexity index is 1400. The number of rotatable bonds is 5. The van der Waals surface area contributed by atoms with Gasteiger partial charge in [0, 0.05) is 24.3 Å². The summed E-state index contributed by atoms with van der Waals surface area (Å²) in [6.07, 6.45) is 4.55. The molecule has 0 bridgehead atoms. The Morgan fingerprint density at radius 1 is 1.06 bits per heavy atom. The molecule has 0 radical (unpaired) electrons. The number of pyridine rings is 2. The van der Waals surface area contributed by atoms with Crippen LogP contribution in [0, 0.1) is 5.82 Å². The number of benzene rings is 1. The lowest BCUT2D eigenvalue weighted by Gasteiger charge is -2.14. The molecule has 0 unspecified atom stereocenters. The van der Waals surface area contributed by atoms with Crippen molar-refractivity contribution in [3.05, 3.63) is 98.3 Å². The van der Waals surface area contributed by atoms with Gasteiger partial charge in [-0.05, 0) is 48.0 Å². The molecular formula is C21H15ClFN5O3. The Morgan fingerprint density at radius 2 is 1.84 bits per heavy atom. The van der Waals surface area contributed by atoms with Gasteiger partial charge in [0.05, 0.1) is 17.1 Å². The zero-order valence-corrected chi connectivity index (χ0v) is 16.7. The van der Waals surface area contributed by atoms with E-state index in [9.17, 15) is 18.8 Å². The number of halogens is 2.